The van der Waals surface area contributed by atoms with Crippen molar-refractivity contribution >= 4 is 28.8 Å². The van der Waals surface area contributed by atoms with Gasteiger partial charge in [0.05, 0.1) is 24.8 Å². The molecular formula is C19H18ClN3OS. The van der Waals surface area contributed by atoms with Gasteiger partial charge in [0.15, 0.2) is 0 Å². The summed E-state index contributed by atoms with van der Waals surface area (Å²) in [6, 6.07) is 12.2. The van der Waals surface area contributed by atoms with Crippen LogP contribution in [0.2, 0.25) is 5.02 Å². The number of benzene rings is 1. The Kier molecular flexibility index (Phi) is 4.59. The van der Waals surface area contributed by atoms with Crippen molar-refractivity contribution in [1.82, 2.24) is 14.7 Å². The minimum absolute atomic E-state index is 0.0568. The molecule has 0 aliphatic heterocycles. The predicted molar refractivity (Wildman–Crippen MR) is 100.0 cm³/mol. The molecule has 6 heteroatoms. The molecule has 0 radical (unpaired) electrons. The lowest BCUT2D eigenvalue weighted by atomic mass is 10.2. The van der Waals surface area contributed by atoms with Crippen LogP contribution in [-0.2, 0) is 13.1 Å². The Balaban J connectivity index is 1.50. The average molecular weight is 372 g/mol. The van der Waals surface area contributed by atoms with Gasteiger partial charge in [-0.2, -0.15) is 5.10 Å². The van der Waals surface area contributed by atoms with Crippen molar-refractivity contribution < 1.29 is 4.79 Å². The van der Waals surface area contributed by atoms with Crippen molar-refractivity contribution in [3.8, 4) is 0 Å². The molecule has 0 unspecified atom stereocenters. The maximum Gasteiger partial charge on any atom is 0.257 e. The Labute approximate surface area is 155 Å². The molecular weight excluding hydrogens is 354 g/mol. The molecule has 3 aromatic rings. The van der Waals surface area contributed by atoms with E-state index in [1.165, 1.54) is 4.88 Å². The summed E-state index contributed by atoms with van der Waals surface area (Å²) >= 11 is 7.90. The fraction of sp³-hybridized carbons (Fsp3) is 0.263. The Morgan fingerprint density at radius 1 is 1.28 bits per heavy atom. The summed E-state index contributed by atoms with van der Waals surface area (Å²) in [7, 11) is 0. The predicted octanol–water partition coefficient (Wildman–Crippen LogP) is 4.45. The molecule has 0 saturated heterocycles. The molecule has 4 rings (SSSR count). The zero-order valence-corrected chi connectivity index (χ0v) is 15.2. The van der Waals surface area contributed by atoms with Crippen molar-refractivity contribution in [2.24, 2.45) is 0 Å². The highest BCUT2D eigenvalue weighted by molar-refractivity contribution is 7.09. The summed E-state index contributed by atoms with van der Waals surface area (Å²) in [6.45, 7) is 1.23. The molecule has 1 amide bonds. The average Bonchev–Trinajstić information content (AvgIpc) is 3.13. The molecule has 0 N–H and O–H groups in total. The topological polar surface area (TPSA) is 38.1 Å². The van der Waals surface area contributed by atoms with Crippen molar-refractivity contribution in [3.63, 3.8) is 0 Å². The summed E-state index contributed by atoms with van der Waals surface area (Å²) in [5.41, 5.74) is 1.62. The molecule has 0 spiro atoms. The fourth-order valence-electron chi connectivity index (χ4n) is 2.85. The minimum atomic E-state index is 0.0568. The van der Waals surface area contributed by atoms with Crippen LogP contribution in [0.15, 0.2) is 54.2 Å². The van der Waals surface area contributed by atoms with Crippen LogP contribution in [-0.4, -0.2) is 26.6 Å². The molecule has 1 saturated carbocycles. The summed E-state index contributed by atoms with van der Waals surface area (Å²) < 4.78 is 1.77. The maximum absolute atomic E-state index is 12.9. The van der Waals surface area contributed by atoms with E-state index < -0.39 is 0 Å². The van der Waals surface area contributed by atoms with E-state index in [2.05, 4.69) is 11.2 Å². The number of rotatable bonds is 6. The van der Waals surface area contributed by atoms with E-state index >= 15 is 0 Å². The number of thiophene rings is 1. The first-order chi connectivity index (χ1) is 12.2. The smallest absolute Gasteiger partial charge is 0.257 e. The van der Waals surface area contributed by atoms with Crippen LogP contribution >= 0.6 is 22.9 Å². The minimum Gasteiger partial charge on any atom is -0.330 e. The summed E-state index contributed by atoms with van der Waals surface area (Å²) in [5, 5.41) is 7.11. The standard InChI is InChI=1S/C19H18ClN3OS/c20-18-6-2-1-4-14(18)11-22-12-15(10-21-22)19(24)23(16-7-8-16)13-17-5-3-9-25-17/h1-6,9-10,12,16H,7-8,11,13H2. The van der Waals surface area contributed by atoms with Gasteiger partial charge in [0.1, 0.15) is 0 Å². The summed E-state index contributed by atoms with van der Waals surface area (Å²) in [6.07, 6.45) is 5.65. The van der Waals surface area contributed by atoms with E-state index in [4.69, 9.17) is 11.6 Å². The van der Waals surface area contributed by atoms with Gasteiger partial charge in [-0.05, 0) is 35.9 Å². The van der Waals surface area contributed by atoms with Crippen LogP contribution < -0.4 is 0 Å². The number of hydrogen-bond acceptors (Lipinski definition) is 3. The van der Waals surface area contributed by atoms with Gasteiger partial charge in [-0.25, -0.2) is 0 Å². The van der Waals surface area contributed by atoms with Gasteiger partial charge >= 0.3 is 0 Å². The number of nitrogens with zero attached hydrogens (tertiary/aromatic N) is 3. The molecule has 1 aliphatic rings. The van der Waals surface area contributed by atoms with Crippen molar-refractivity contribution in [2.45, 2.75) is 32.0 Å². The Morgan fingerprint density at radius 2 is 2.12 bits per heavy atom. The molecule has 1 aromatic carbocycles. The second-order valence-corrected chi connectivity index (χ2v) is 7.70. The molecule has 1 aliphatic carbocycles. The van der Waals surface area contributed by atoms with Crippen LogP contribution in [0, 0.1) is 0 Å². The van der Waals surface area contributed by atoms with E-state index in [1.807, 2.05) is 46.8 Å². The Morgan fingerprint density at radius 3 is 2.84 bits per heavy atom. The van der Waals surface area contributed by atoms with Crippen LogP contribution in [0.4, 0.5) is 0 Å². The first-order valence-corrected chi connectivity index (χ1v) is 9.55. The van der Waals surface area contributed by atoms with Crippen LogP contribution in [0.5, 0.6) is 0 Å². The third-order valence-electron chi connectivity index (χ3n) is 4.33. The lowest BCUT2D eigenvalue weighted by Gasteiger charge is -2.21. The van der Waals surface area contributed by atoms with Crippen LogP contribution in [0.3, 0.4) is 0 Å². The van der Waals surface area contributed by atoms with Crippen molar-refractivity contribution in [3.05, 3.63) is 75.2 Å². The third kappa shape index (κ3) is 3.78. The monoisotopic (exact) mass is 371 g/mol. The molecule has 4 nitrogen and oxygen atoms in total. The molecule has 128 valence electrons. The number of amides is 1. The SMILES string of the molecule is O=C(c1cnn(Cc2ccccc2Cl)c1)N(Cc1cccs1)C1CC1. The van der Waals surface area contributed by atoms with Crippen LogP contribution in [0.1, 0.15) is 33.6 Å². The second kappa shape index (κ2) is 7.02. The van der Waals surface area contributed by atoms with Gasteiger partial charge in [-0.3, -0.25) is 9.48 Å². The highest BCUT2D eigenvalue weighted by Crippen LogP contribution is 2.30. The van der Waals surface area contributed by atoms with Gasteiger partial charge in [0, 0.05) is 22.1 Å². The summed E-state index contributed by atoms with van der Waals surface area (Å²) in [5.74, 6) is 0.0568. The Hall–Kier alpha value is -2.11. The fourth-order valence-corrected chi connectivity index (χ4v) is 3.75. The van der Waals surface area contributed by atoms with Crippen molar-refractivity contribution in [1.29, 1.82) is 0 Å². The number of hydrogen-bond donors (Lipinski definition) is 0. The molecule has 2 heterocycles. The molecule has 1 fully saturated rings. The number of aromatic nitrogens is 2. The van der Waals surface area contributed by atoms with Gasteiger partial charge in [0.2, 0.25) is 0 Å². The summed E-state index contributed by atoms with van der Waals surface area (Å²) in [4.78, 5) is 16.1. The van der Waals surface area contributed by atoms with Crippen molar-refractivity contribution in [2.75, 3.05) is 0 Å². The number of carbonyl (C=O) groups is 1. The zero-order chi connectivity index (χ0) is 17.2. The second-order valence-electron chi connectivity index (χ2n) is 6.26. The molecule has 25 heavy (non-hydrogen) atoms. The number of carbonyl (C=O) groups excluding carboxylic acids is 1. The van der Waals surface area contributed by atoms with Gasteiger partial charge in [-0.15, -0.1) is 11.3 Å². The lowest BCUT2D eigenvalue weighted by Crippen LogP contribution is -2.32. The van der Waals surface area contributed by atoms with E-state index in [0.717, 1.165) is 18.4 Å². The van der Waals surface area contributed by atoms with E-state index in [0.29, 0.717) is 29.7 Å². The maximum atomic E-state index is 12.9. The van der Waals surface area contributed by atoms with E-state index in [1.54, 1.807) is 22.2 Å². The van der Waals surface area contributed by atoms with E-state index in [-0.39, 0.29) is 5.91 Å². The Bertz CT molecular complexity index is 870. The van der Waals surface area contributed by atoms with Gasteiger partial charge < -0.3 is 4.90 Å². The normalized spacial score (nSPS) is 13.8. The highest BCUT2D eigenvalue weighted by atomic mass is 35.5. The molecule has 0 bridgehead atoms. The third-order valence-corrected chi connectivity index (χ3v) is 5.56. The first kappa shape index (κ1) is 16.4. The van der Waals surface area contributed by atoms with Crippen LogP contribution in [0.25, 0.3) is 0 Å². The van der Waals surface area contributed by atoms with Gasteiger partial charge in [-0.1, -0.05) is 35.9 Å². The first-order valence-electron chi connectivity index (χ1n) is 8.30. The molecule has 0 atom stereocenters. The lowest BCUT2D eigenvalue weighted by molar-refractivity contribution is 0.0731. The quantitative estimate of drug-likeness (QED) is 0.642. The zero-order valence-electron chi connectivity index (χ0n) is 13.6. The highest BCUT2D eigenvalue weighted by Gasteiger charge is 2.33. The van der Waals surface area contributed by atoms with Gasteiger partial charge in [0.25, 0.3) is 5.91 Å². The number of halogens is 1. The van der Waals surface area contributed by atoms with E-state index in [9.17, 15) is 4.79 Å². The largest absolute Gasteiger partial charge is 0.330 e. The molecule has 2 aromatic heterocycles.